The summed E-state index contributed by atoms with van der Waals surface area (Å²) in [4.78, 5) is 66.1. The molecule has 3 amide bonds. The van der Waals surface area contributed by atoms with Gasteiger partial charge in [0.15, 0.2) is 11.5 Å². The maximum Gasteiger partial charge on any atom is 0.308 e. The van der Waals surface area contributed by atoms with Gasteiger partial charge in [-0.15, -0.1) is 0 Å². The number of nitrogens with one attached hydrogen (secondary N) is 1. The van der Waals surface area contributed by atoms with Crippen LogP contribution >= 0.6 is 23.1 Å². The van der Waals surface area contributed by atoms with Crippen molar-refractivity contribution in [1.82, 2.24) is 4.57 Å². The van der Waals surface area contributed by atoms with Crippen LogP contribution in [0, 0.1) is 16.0 Å². The van der Waals surface area contributed by atoms with E-state index in [0.29, 0.717) is 27.0 Å². The number of imide groups is 1. The van der Waals surface area contributed by atoms with Crippen LogP contribution < -0.4 is 29.7 Å². The number of primary sulfonamides is 1. The minimum absolute atomic E-state index is 0.144. The number of sulfonamides is 1. The average Bonchev–Trinajstić information content (AvgIpc) is 3.50. The lowest BCUT2D eigenvalue weighted by atomic mass is 9.83. The molecule has 1 aromatic heterocycles. The average molecular weight is 712 g/mol. The molecule has 3 heterocycles. The zero-order chi connectivity index (χ0) is 34.5. The van der Waals surface area contributed by atoms with Crippen molar-refractivity contribution in [1.29, 1.82) is 0 Å². The Morgan fingerprint density at radius 2 is 1.65 bits per heavy atom. The van der Waals surface area contributed by atoms with Gasteiger partial charge in [-0.25, -0.2) is 18.5 Å². The summed E-state index contributed by atoms with van der Waals surface area (Å²) in [5, 5.41) is 18.3. The highest BCUT2D eigenvalue weighted by atomic mass is 32.2. The van der Waals surface area contributed by atoms with E-state index in [1.165, 1.54) is 67.3 Å². The molecular weight excluding hydrogens is 687 g/mol. The SMILES string of the molecule is COc1ccc(C2c3sc(=O)n(CC(=O)Nc4ccc(S(N)(=O)=O)cc4)c3SC3C(=O)N(c4ccc([N+](=O)[O-])cc4)C(=O)C32)cc1OC. The minimum atomic E-state index is -3.94. The highest BCUT2D eigenvalue weighted by Crippen LogP contribution is 2.54. The van der Waals surface area contributed by atoms with Crippen molar-refractivity contribution in [2.24, 2.45) is 11.1 Å². The number of aromatic nitrogens is 1. The molecule has 0 saturated carbocycles. The van der Waals surface area contributed by atoms with Crippen LogP contribution in [-0.2, 0) is 31.0 Å². The van der Waals surface area contributed by atoms with Crippen LogP contribution in [0.25, 0.3) is 0 Å². The molecule has 3 aromatic carbocycles. The third-order valence-electron chi connectivity index (χ3n) is 7.90. The van der Waals surface area contributed by atoms with Crippen LogP contribution in [-0.4, -0.2) is 55.1 Å². The maximum atomic E-state index is 14.1. The standard InChI is InChI=1S/C30H25N5O10S3/c1-44-20-12-3-15(13-21(20)45-2)23-24-25(28(38)34(27(24)37)17-6-8-18(9-7-17)35(40)41)46-29-26(23)47-30(39)33(29)14-22(36)32-16-4-10-19(11-5-16)48(31,42)43/h3-13,23-25H,14H2,1-2H3,(H,32,36)(H2,31,42,43). The van der Waals surface area contributed by atoms with Gasteiger partial charge in [-0.3, -0.25) is 33.9 Å². The molecule has 48 heavy (non-hydrogen) atoms. The number of carbonyl (C=O) groups is 3. The summed E-state index contributed by atoms with van der Waals surface area (Å²) in [6.45, 7) is -0.446. The first-order valence-electron chi connectivity index (χ1n) is 14.0. The number of nitro benzene ring substituents is 1. The minimum Gasteiger partial charge on any atom is -0.493 e. The Labute approximate surface area is 280 Å². The number of fused-ring (bicyclic) bond motifs is 2. The van der Waals surface area contributed by atoms with E-state index >= 15 is 0 Å². The van der Waals surface area contributed by atoms with Crippen molar-refractivity contribution >= 4 is 67.9 Å². The fourth-order valence-corrected chi connectivity index (χ4v) is 9.00. The number of anilines is 2. The van der Waals surface area contributed by atoms with E-state index in [-0.39, 0.29) is 22.0 Å². The number of nitrogens with zero attached hydrogens (tertiary/aromatic N) is 3. The number of ether oxygens (including phenoxy) is 2. The van der Waals surface area contributed by atoms with Crippen molar-refractivity contribution in [3.63, 3.8) is 0 Å². The Balaban J connectivity index is 1.39. The summed E-state index contributed by atoms with van der Waals surface area (Å²) < 4.78 is 35.3. The molecular formula is C30H25N5O10S3. The largest absolute Gasteiger partial charge is 0.493 e. The van der Waals surface area contributed by atoms with Gasteiger partial charge >= 0.3 is 4.87 Å². The van der Waals surface area contributed by atoms with Gasteiger partial charge in [0.1, 0.15) is 11.8 Å². The number of hydrogen-bond donors (Lipinski definition) is 2. The number of hydrogen-bond acceptors (Lipinski definition) is 12. The highest BCUT2D eigenvalue weighted by molar-refractivity contribution is 8.00. The third kappa shape index (κ3) is 5.83. The summed E-state index contributed by atoms with van der Waals surface area (Å²) in [6, 6.07) is 15.2. The molecule has 2 aliphatic heterocycles. The number of nitrogens with two attached hydrogens (primary N) is 1. The number of nitro groups is 1. The Hall–Kier alpha value is -5.04. The first-order chi connectivity index (χ1) is 22.8. The highest BCUT2D eigenvalue weighted by Gasteiger charge is 2.57. The summed E-state index contributed by atoms with van der Waals surface area (Å²) in [7, 11) is -1.03. The normalized spacial score (nSPS) is 18.6. The number of methoxy groups -OCH3 is 2. The van der Waals surface area contributed by atoms with Crippen molar-refractivity contribution in [2.45, 2.75) is 27.6 Å². The Bertz CT molecular complexity index is 2150. The third-order valence-corrected chi connectivity index (χ3v) is 11.4. The Morgan fingerprint density at radius 1 is 0.979 bits per heavy atom. The van der Waals surface area contributed by atoms with Gasteiger partial charge in [0, 0.05) is 28.6 Å². The molecule has 3 atom stereocenters. The maximum absolute atomic E-state index is 14.1. The van der Waals surface area contributed by atoms with Gasteiger partial charge in [0.25, 0.3) is 5.69 Å². The monoisotopic (exact) mass is 711 g/mol. The molecule has 3 N–H and O–H groups in total. The smallest absolute Gasteiger partial charge is 0.308 e. The number of amides is 3. The second kappa shape index (κ2) is 12.5. The summed E-state index contributed by atoms with van der Waals surface area (Å²) in [6.07, 6.45) is 0. The van der Waals surface area contributed by atoms with Crippen molar-refractivity contribution in [3.05, 3.63) is 97.0 Å². The van der Waals surface area contributed by atoms with Crippen LogP contribution in [0.4, 0.5) is 17.1 Å². The van der Waals surface area contributed by atoms with Gasteiger partial charge in [0.2, 0.25) is 27.7 Å². The Morgan fingerprint density at radius 3 is 2.25 bits per heavy atom. The zero-order valence-corrected chi connectivity index (χ0v) is 27.5. The van der Waals surface area contributed by atoms with Crippen LogP contribution in [0.5, 0.6) is 11.5 Å². The number of thiazole rings is 1. The molecule has 15 nitrogen and oxygen atoms in total. The summed E-state index contributed by atoms with van der Waals surface area (Å²) in [5.41, 5.74) is 0.766. The molecule has 0 aliphatic carbocycles. The summed E-state index contributed by atoms with van der Waals surface area (Å²) >= 11 is 1.85. The lowest BCUT2D eigenvalue weighted by Crippen LogP contribution is -2.33. The number of carbonyl (C=O) groups excluding carboxylic acids is 3. The van der Waals surface area contributed by atoms with Gasteiger partial charge in [0.05, 0.1) is 40.7 Å². The van der Waals surface area contributed by atoms with Crippen LogP contribution in [0.1, 0.15) is 16.4 Å². The van der Waals surface area contributed by atoms with E-state index in [0.717, 1.165) is 28.0 Å². The number of thioether (sulfide) groups is 1. The van der Waals surface area contributed by atoms with Crippen molar-refractivity contribution < 1.29 is 37.2 Å². The van der Waals surface area contributed by atoms with E-state index in [2.05, 4.69) is 5.32 Å². The second-order valence-electron chi connectivity index (χ2n) is 10.7. The van der Waals surface area contributed by atoms with Crippen LogP contribution in [0.2, 0.25) is 0 Å². The topological polar surface area (TPSA) is 210 Å². The van der Waals surface area contributed by atoms with Crippen LogP contribution in [0.3, 0.4) is 0 Å². The van der Waals surface area contributed by atoms with E-state index in [4.69, 9.17) is 14.6 Å². The molecule has 1 fully saturated rings. The number of benzene rings is 3. The van der Waals surface area contributed by atoms with Gasteiger partial charge < -0.3 is 14.8 Å². The predicted octanol–water partition coefficient (Wildman–Crippen LogP) is 2.92. The van der Waals surface area contributed by atoms with E-state index in [9.17, 15) is 37.7 Å². The molecule has 0 spiro atoms. The molecule has 1 saturated heterocycles. The second-order valence-corrected chi connectivity index (χ2v) is 14.4. The fourth-order valence-electron chi connectivity index (χ4n) is 5.71. The lowest BCUT2D eigenvalue weighted by Gasteiger charge is -2.31. The zero-order valence-electron chi connectivity index (χ0n) is 25.0. The van der Waals surface area contributed by atoms with Crippen molar-refractivity contribution in [2.75, 3.05) is 24.4 Å². The molecule has 4 aromatic rings. The van der Waals surface area contributed by atoms with Crippen molar-refractivity contribution in [3.8, 4) is 11.5 Å². The molecule has 3 unspecified atom stereocenters. The molecule has 2 aliphatic rings. The van der Waals surface area contributed by atoms with E-state index in [1.807, 2.05) is 0 Å². The van der Waals surface area contributed by atoms with E-state index in [1.54, 1.807) is 18.2 Å². The van der Waals surface area contributed by atoms with Gasteiger partial charge in [-0.2, -0.15) is 0 Å². The molecule has 0 bridgehead atoms. The first kappa shape index (κ1) is 32.9. The fraction of sp³-hybridized carbons (Fsp3) is 0.200. The first-order valence-corrected chi connectivity index (χ1v) is 17.2. The molecule has 18 heteroatoms. The van der Waals surface area contributed by atoms with Crippen LogP contribution in [0.15, 0.2) is 81.4 Å². The number of rotatable bonds is 9. The molecule has 6 rings (SSSR count). The summed E-state index contributed by atoms with van der Waals surface area (Å²) in [5.74, 6) is -2.74. The lowest BCUT2D eigenvalue weighted by molar-refractivity contribution is -0.384. The van der Waals surface area contributed by atoms with Gasteiger partial charge in [-0.05, 0) is 54.1 Å². The quantitative estimate of drug-likeness (QED) is 0.146. The van der Waals surface area contributed by atoms with Gasteiger partial charge in [-0.1, -0.05) is 29.2 Å². The molecule has 248 valence electrons. The van der Waals surface area contributed by atoms with E-state index < -0.39 is 61.2 Å². The Kier molecular flexibility index (Phi) is 8.58. The predicted molar refractivity (Wildman–Crippen MR) is 175 cm³/mol. The molecule has 0 radical (unpaired) electrons. The number of non-ortho nitro benzene ring substituents is 1.